The van der Waals surface area contributed by atoms with Crippen LogP contribution in [0.3, 0.4) is 0 Å². The van der Waals surface area contributed by atoms with E-state index in [1.807, 2.05) is 6.92 Å². The molecule has 24 heavy (non-hydrogen) atoms. The number of aliphatic imine (C=N–C) groups is 1. The number of sulfonamides is 1. The van der Waals surface area contributed by atoms with Gasteiger partial charge in [-0.3, -0.25) is 4.99 Å². The van der Waals surface area contributed by atoms with E-state index in [1.165, 1.54) is 12.1 Å². The third-order valence-electron chi connectivity index (χ3n) is 2.93. The summed E-state index contributed by atoms with van der Waals surface area (Å²) in [6.07, 6.45) is 2.53. The normalized spacial score (nSPS) is 11.7. The van der Waals surface area contributed by atoms with Crippen LogP contribution in [0.1, 0.15) is 18.9 Å². The summed E-state index contributed by atoms with van der Waals surface area (Å²) in [4.78, 5) is 4.38. The Morgan fingerprint density at radius 2 is 1.83 bits per heavy atom. The van der Waals surface area contributed by atoms with Gasteiger partial charge in [-0.1, -0.05) is 12.1 Å². The molecular weight excluding hydrogens is 446 g/mol. The quantitative estimate of drug-likeness (QED) is 0.220. The molecule has 0 aliphatic carbocycles. The highest BCUT2D eigenvalue weighted by Gasteiger charge is 2.00. The Labute approximate surface area is 160 Å². The molecule has 0 bridgehead atoms. The number of hydrogen-bond acceptors (Lipinski definition) is 3. The first-order chi connectivity index (χ1) is 10.9. The van der Waals surface area contributed by atoms with Gasteiger partial charge in [0.2, 0.25) is 10.0 Å². The van der Waals surface area contributed by atoms with E-state index < -0.39 is 10.0 Å². The average Bonchev–Trinajstić information content (AvgIpc) is 2.47. The zero-order valence-corrected chi connectivity index (χ0v) is 17.2. The second-order valence-corrected chi connectivity index (χ2v) is 6.92. The lowest BCUT2D eigenvalue weighted by molar-refractivity contribution is 0.585. The Kier molecular flexibility index (Phi) is 11.9. The lowest BCUT2D eigenvalue weighted by Crippen LogP contribution is -2.38. The average molecular weight is 472 g/mol. The standard InChI is InChI=1S/C15H25FN4O2S.HI/c1-3-17-15(18-10-4-11-20-23(2,21)22)19-12-9-13-5-7-14(16)8-6-13;/h5-8,20H,3-4,9-12H2,1-2H3,(H2,17,18,19);1H. The number of benzene rings is 1. The molecule has 0 aliphatic rings. The second-order valence-electron chi connectivity index (χ2n) is 5.08. The van der Waals surface area contributed by atoms with Crippen molar-refractivity contribution in [2.75, 3.05) is 32.4 Å². The van der Waals surface area contributed by atoms with E-state index in [9.17, 15) is 12.8 Å². The fourth-order valence-corrected chi connectivity index (χ4v) is 2.36. The van der Waals surface area contributed by atoms with Gasteiger partial charge >= 0.3 is 0 Å². The largest absolute Gasteiger partial charge is 0.357 e. The predicted molar refractivity (Wildman–Crippen MR) is 107 cm³/mol. The van der Waals surface area contributed by atoms with Crippen molar-refractivity contribution in [3.63, 3.8) is 0 Å². The molecular formula is C15H26FIN4O2S. The number of nitrogens with zero attached hydrogens (tertiary/aromatic N) is 1. The summed E-state index contributed by atoms with van der Waals surface area (Å²) in [6, 6.07) is 6.42. The van der Waals surface area contributed by atoms with Gasteiger partial charge < -0.3 is 10.6 Å². The summed E-state index contributed by atoms with van der Waals surface area (Å²) in [5.41, 5.74) is 1.05. The minimum absolute atomic E-state index is 0. The van der Waals surface area contributed by atoms with Gasteiger partial charge in [0.1, 0.15) is 5.82 Å². The number of nitrogens with one attached hydrogen (secondary N) is 3. The van der Waals surface area contributed by atoms with Gasteiger partial charge in [0, 0.05) is 26.2 Å². The second kappa shape index (κ2) is 12.4. The Morgan fingerprint density at radius 1 is 1.17 bits per heavy atom. The minimum atomic E-state index is -3.14. The highest BCUT2D eigenvalue weighted by Crippen LogP contribution is 2.02. The summed E-state index contributed by atoms with van der Waals surface area (Å²) >= 11 is 0. The van der Waals surface area contributed by atoms with Crippen molar-refractivity contribution < 1.29 is 12.8 Å². The molecule has 0 aliphatic heterocycles. The monoisotopic (exact) mass is 472 g/mol. The van der Waals surface area contributed by atoms with Crippen LogP contribution in [0.5, 0.6) is 0 Å². The molecule has 1 aromatic rings. The van der Waals surface area contributed by atoms with Gasteiger partial charge in [-0.05, 0) is 37.5 Å². The van der Waals surface area contributed by atoms with Crippen LogP contribution >= 0.6 is 24.0 Å². The Morgan fingerprint density at radius 3 is 2.42 bits per heavy atom. The Balaban J connectivity index is 0.00000529. The zero-order chi connectivity index (χ0) is 17.1. The van der Waals surface area contributed by atoms with Crippen molar-refractivity contribution in [1.29, 1.82) is 0 Å². The van der Waals surface area contributed by atoms with E-state index >= 15 is 0 Å². The van der Waals surface area contributed by atoms with Gasteiger partial charge in [-0.2, -0.15) is 0 Å². The van der Waals surface area contributed by atoms with E-state index in [1.54, 1.807) is 12.1 Å². The maximum atomic E-state index is 12.8. The third kappa shape index (κ3) is 11.6. The smallest absolute Gasteiger partial charge is 0.208 e. The Hall–Kier alpha value is -0.940. The summed E-state index contributed by atoms with van der Waals surface area (Å²) in [7, 11) is -3.14. The molecule has 1 aromatic carbocycles. The lowest BCUT2D eigenvalue weighted by Gasteiger charge is -2.11. The van der Waals surface area contributed by atoms with Crippen molar-refractivity contribution in [1.82, 2.24) is 15.4 Å². The maximum Gasteiger partial charge on any atom is 0.208 e. The van der Waals surface area contributed by atoms with Crippen molar-refractivity contribution in [2.24, 2.45) is 4.99 Å². The van der Waals surface area contributed by atoms with E-state index in [4.69, 9.17) is 0 Å². The SMILES string of the molecule is CCNC(=NCCCNS(C)(=O)=O)NCCc1ccc(F)cc1.I. The van der Waals surface area contributed by atoms with Crippen LogP contribution in [0, 0.1) is 5.82 Å². The lowest BCUT2D eigenvalue weighted by atomic mass is 10.1. The predicted octanol–water partition coefficient (Wildman–Crippen LogP) is 1.48. The van der Waals surface area contributed by atoms with Crippen LogP contribution in [0.2, 0.25) is 0 Å². The first-order valence-electron chi connectivity index (χ1n) is 7.62. The molecule has 1 rings (SSSR count). The van der Waals surface area contributed by atoms with E-state index in [0.29, 0.717) is 32.0 Å². The van der Waals surface area contributed by atoms with Gasteiger partial charge in [-0.25, -0.2) is 17.5 Å². The molecule has 0 heterocycles. The van der Waals surface area contributed by atoms with Crippen LogP contribution in [-0.2, 0) is 16.4 Å². The molecule has 0 saturated carbocycles. The van der Waals surface area contributed by atoms with Crippen LogP contribution in [0.15, 0.2) is 29.3 Å². The van der Waals surface area contributed by atoms with Gasteiger partial charge in [0.05, 0.1) is 6.26 Å². The molecule has 0 radical (unpaired) electrons. The van der Waals surface area contributed by atoms with Crippen molar-refractivity contribution in [2.45, 2.75) is 19.8 Å². The highest BCUT2D eigenvalue weighted by molar-refractivity contribution is 14.0. The molecule has 6 nitrogen and oxygen atoms in total. The summed E-state index contributed by atoms with van der Waals surface area (Å²) in [5.74, 6) is 0.452. The van der Waals surface area contributed by atoms with Crippen molar-refractivity contribution >= 4 is 40.0 Å². The first kappa shape index (κ1) is 23.1. The highest BCUT2D eigenvalue weighted by atomic mass is 127. The number of hydrogen-bond donors (Lipinski definition) is 3. The maximum absolute atomic E-state index is 12.8. The summed E-state index contributed by atoms with van der Waals surface area (Å²) in [5, 5.41) is 6.32. The van der Waals surface area contributed by atoms with E-state index in [2.05, 4.69) is 20.3 Å². The molecule has 0 amide bonds. The molecule has 9 heteroatoms. The van der Waals surface area contributed by atoms with Gasteiger partial charge in [0.25, 0.3) is 0 Å². The third-order valence-corrected chi connectivity index (χ3v) is 3.66. The Bertz CT molecular complexity index is 594. The summed E-state index contributed by atoms with van der Waals surface area (Å²) in [6.45, 7) is 4.29. The van der Waals surface area contributed by atoms with Gasteiger partial charge in [0.15, 0.2) is 5.96 Å². The van der Waals surface area contributed by atoms with Gasteiger partial charge in [-0.15, -0.1) is 24.0 Å². The topological polar surface area (TPSA) is 82.6 Å². The molecule has 0 aromatic heterocycles. The molecule has 0 atom stereocenters. The van der Waals surface area contributed by atoms with Crippen molar-refractivity contribution in [3.05, 3.63) is 35.6 Å². The van der Waals surface area contributed by atoms with Crippen LogP contribution in [-0.4, -0.2) is 46.8 Å². The minimum Gasteiger partial charge on any atom is -0.357 e. The van der Waals surface area contributed by atoms with E-state index in [-0.39, 0.29) is 29.8 Å². The molecule has 0 spiro atoms. The fourth-order valence-electron chi connectivity index (χ4n) is 1.85. The summed E-state index contributed by atoms with van der Waals surface area (Å²) < 4.78 is 37.1. The molecule has 3 N–H and O–H groups in total. The first-order valence-corrected chi connectivity index (χ1v) is 9.51. The van der Waals surface area contributed by atoms with Crippen LogP contribution < -0.4 is 15.4 Å². The van der Waals surface area contributed by atoms with Crippen molar-refractivity contribution in [3.8, 4) is 0 Å². The zero-order valence-electron chi connectivity index (χ0n) is 14.0. The molecule has 0 unspecified atom stereocenters. The number of rotatable bonds is 9. The molecule has 0 saturated heterocycles. The van der Waals surface area contributed by atoms with Crippen LogP contribution in [0.25, 0.3) is 0 Å². The molecule has 138 valence electrons. The molecule has 0 fully saturated rings. The van der Waals surface area contributed by atoms with E-state index in [0.717, 1.165) is 24.8 Å². The van der Waals surface area contributed by atoms with Crippen LogP contribution in [0.4, 0.5) is 4.39 Å². The fraction of sp³-hybridized carbons (Fsp3) is 0.533. The number of guanidine groups is 1. The number of halogens is 2.